The third-order valence-corrected chi connectivity index (χ3v) is 2.28. The third kappa shape index (κ3) is 1.90. The van der Waals surface area contributed by atoms with Crippen molar-refractivity contribution in [3.63, 3.8) is 0 Å². The van der Waals surface area contributed by atoms with Gasteiger partial charge in [-0.1, -0.05) is 0 Å². The Morgan fingerprint density at radius 2 is 1.86 bits per heavy atom. The molecule has 0 amide bonds. The predicted octanol–water partition coefficient (Wildman–Crippen LogP) is 2.49. The summed E-state index contributed by atoms with van der Waals surface area (Å²) in [7, 11) is 0. The molecule has 0 aromatic carbocycles. The molecule has 0 aliphatic heterocycles. The molecule has 0 aliphatic carbocycles. The molecule has 0 aliphatic rings. The summed E-state index contributed by atoms with van der Waals surface area (Å²) in [4.78, 5) is 8.25. The van der Waals surface area contributed by atoms with Gasteiger partial charge in [0.25, 0.3) is 0 Å². The van der Waals surface area contributed by atoms with Crippen LogP contribution in [0.5, 0.6) is 0 Å². The number of pyridine rings is 2. The Bertz CT molecular complexity index is 379. The Labute approximate surface area is 90.1 Å². The lowest BCUT2D eigenvalue weighted by Gasteiger charge is -2.00. The molecular formula is C10H8BrN3. The van der Waals surface area contributed by atoms with Gasteiger partial charge in [-0.3, -0.25) is 4.98 Å². The van der Waals surface area contributed by atoms with Gasteiger partial charge in [0.05, 0.1) is 5.69 Å². The Hall–Kier alpha value is -1.42. The zero-order valence-corrected chi connectivity index (χ0v) is 8.90. The molecule has 0 atom stereocenters. The fourth-order valence-corrected chi connectivity index (χ4v) is 1.34. The molecule has 3 nitrogen and oxygen atoms in total. The maximum Gasteiger partial charge on any atom is 0.123 e. The second-order valence-electron chi connectivity index (χ2n) is 2.83. The van der Waals surface area contributed by atoms with Gasteiger partial charge in [0.2, 0.25) is 0 Å². The van der Waals surface area contributed by atoms with Gasteiger partial charge in [-0.05, 0) is 40.2 Å². The highest BCUT2D eigenvalue weighted by atomic mass is 79.9. The molecule has 2 rings (SSSR count). The van der Waals surface area contributed by atoms with Gasteiger partial charge in [0.1, 0.15) is 5.82 Å². The topological polar surface area (TPSA) is 51.8 Å². The van der Waals surface area contributed by atoms with Crippen LogP contribution in [-0.2, 0) is 0 Å². The number of nitrogens with zero attached hydrogens (tertiary/aromatic N) is 2. The smallest absolute Gasteiger partial charge is 0.123 e. The fourth-order valence-electron chi connectivity index (χ4n) is 1.10. The second kappa shape index (κ2) is 3.75. The predicted molar refractivity (Wildman–Crippen MR) is 59.6 cm³/mol. The first-order chi connectivity index (χ1) is 6.75. The Kier molecular flexibility index (Phi) is 2.45. The van der Waals surface area contributed by atoms with Crippen LogP contribution in [0.3, 0.4) is 0 Å². The van der Waals surface area contributed by atoms with E-state index in [1.54, 1.807) is 18.5 Å². The van der Waals surface area contributed by atoms with E-state index in [1.807, 2.05) is 18.2 Å². The zero-order valence-electron chi connectivity index (χ0n) is 7.31. The summed E-state index contributed by atoms with van der Waals surface area (Å²) < 4.78 is 0.963. The van der Waals surface area contributed by atoms with Crippen molar-refractivity contribution >= 4 is 21.7 Å². The first-order valence-corrected chi connectivity index (χ1v) is 4.88. The molecule has 0 fully saturated rings. The van der Waals surface area contributed by atoms with Gasteiger partial charge in [-0.25, -0.2) is 4.98 Å². The first kappa shape index (κ1) is 9.15. The summed E-state index contributed by atoms with van der Waals surface area (Å²) >= 11 is 3.33. The van der Waals surface area contributed by atoms with Crippen LogP contribution in [0, 0.1) is 0 Å². The van der Waals surface area contributed by atoms with Crippen molar-refractivity contribution in [1.29, 1.82) is 0 Å². The monoisotopic (exact) mass is 249 g/mol. The van der Waals surface area contributed by atoms with E-state index < -0.39 is 0 Å². The summed E-state index contributed by atoms with van der Waals surface area (Å²) in [6.07, 6.45) is 3.47. The van der Waals surface area contributed by atoms with Gasteiger partial charge in [-0.2, -0.15) is 0 Å². The number of aromatic nitrogens is 2. The van der Waals surface area contributed by atoms with Crippen LogP contribution in [-0.4, -0.2) is 9.97 Å². The quantitative estimate of drug-likeness (QED) is 0.845. The molecule has 0 saturated carbocycles. The number of nitrogen functional groups attached to an aromatic ring is 1. The summed E-state index contributed by atoms with van der Waals surface area (Å²) in [5.41, 5.74) is 7.34. The van der Waals surface area contributed by atoms with Crippen LogP contribution in [0.15, 0.2) is 41.1 Å². The van der Waals surface area contributed by atoms with E-state index >= 15 is 0 Å². The van der Waals surface area contributed by atoms with Crippen LogP contribution in [0.2, 0.25) is 0 Å². The molecule has 0 saturated heterocycles. The van der Waals surface area contributed by atoms with E-state index in [2.05, 4.69) is 25.9 Å². The number of hydrogen-bond acceptors (Lipinski definition) is 3. The lowest BCUT2D eigenvalue weighted by Crippen LogP contribution is -1.89. The van der Waals surface area contributed by atoms with Crippen LogP contribution >= 0.6 is 15.9 Å². The molecule has 0 unspecified atom stereocenters. The highest BCUT2D eigenvalue weighted by molar-refractivity contribution is 9.10. The van der Waals surface area contributed by atoms with E-state index in [4.69, 9.17) is 5.73 Å². The van der Waals surface area contributed by atoms with Gasteiger partial charge in [0.15, 0.2) is 0 Å². The van der Waals surface area contributed by atoms with Crippen molar-refractivity contribution in [2.75, 3.05) is 5.73 Å². The van der Waals surface area contributed by atoms with Crippen LogP contribution in [0.25, 0.3) is 11.3 Å². The molecule has 4 heteroatoms. The van der Waals surface area contributed by atoms with E-state index in [0.717, 1.165) is 15.7 Å². The van der Waals surface area contributed by atoms with Crippen molar-refractivity contribution in [1.82, 2.24) is 9.97 Å². The van der Waals surface area contributed by atoms with Crippen molar-refractivity contribution in [2.45, 2.75) is 0 Å². The van der Waals surface area contributed by atoms with Crippen molar-refractivity contribution in [3.8, 4) is 11.3 Å². The minimum absolute atomic E-state index is 0.519. The molecule has 2 heterocycles. The molecular weight excluding hydrogens is 242 g/mol. The Balaban J connectivity index is 2.40. The van der Waals surface area contributed by atoms with Crippen molar-refractivity contribution in [2.24, 2.45) is 0 Å². The molecule has 0 spiro atoms. The van der Waals surface area contributed by atoms with Crippen LogP contribution in [0.1, 0.15) is 0 Å². The lowest BCUT2D eigenvalue weighted by atomic mass is 10.2. The van der Waals surface area contributed by atoms with E-state index in [0.29, 0.717) is 5.82 Å². The van der Waals surface area contributed by atoms with E-state index in [-0.39, 0.29) is 0 Å². The average molecular weight is 250 g/mol. The molecule has 70 valence electrons. The summed E-state index contributed by atoms with van der Waals surface area (Å²) in [6, 6.07) is 7.54. The molecule has 0 bridgehead atoms. The first-order valence-electron chi connectivity index (χ1n) is 4.09. The molecule has 2 aromatic heterocycles. The van der Waals surface area contributed by atoms with Crippen molar-refractivity contribution in [3.05, 3.63) is 41.1 Å². The minimum atomic E-state index is 0.519. The van der Waals surface area contributed by atoms with Crippen molar-refractivity contribution < 1.29 is 0 Å². The number of anilines is 1. The highest BCUT2D eigenvalue weighted by Crippen LogP contribution is 2.18. The largest absolute Gasteiger partial charge is 0.384 e. The standard InChI is InChI=1S/C10H8BrN3/c11-8-2-3-9(13-6-8)7-1-4-10(12)14-5-7/h1-6H,(H2,12,14). The van der Waals surface area contributed by atoms with Gasteiger partial charge < -0.3 is 5.73 Å². The summed E-state index contributed by atoms with van der Waals surface area (Å²) in [6.45, 7) is 0. The maximum absolute atomic E-state index is 5.49. The van der Waals surface area contributed by atoms with E-state index in [1.165, 1.54) is 0 Å². The van der Waals surface area contributed by atoms with Crippen LogP contribution < -0.4 is 5.73 Å². The lowest BCUT2D eigenvalue weighted by molar-refractivity contribution is 1.27. The highest BCUT2D eigenvalue weighted by Gasteiger charge is 1.98. The molecule has 14 heavy (non-hydrogen) atoms. The number of rotatable bonds is 1. The number of nitrogens with two attached hydrogens (primary N) is 1. The van der Waals surface area contributed by atoms with Gasteiger partial charge in [-0.15, -0.1) is 0 Å². The molecule has 2 N–H and O–H groups in total. The number of halogens is 1. The third-order valence-electron chi connectivity index (χ3n) is 1.81. The number of hydrogen-bond donors (Lipinski definition) is 1. The normalized spacial score (nSPS) is 10.1. The van der Waals surface area contributed by atoms with Gasteiger partial charge in [0, 0.05) is 22.4 Å². The SMILES string of the molecule is Nc1ccc(-c2ccc(Br)cn2)cn1. The zero-order chi connectivity index (χ0) is 9.97. The maximum atomic E-state index is 5.49. The van der Waals surface area contributed by atoms with E-state index in [9.17, 15) is 0 Å². The summed E-state index contributed by atoms with van der Waals surface area (Å²) in [5.74, 6) is 0.519. The van der Waals surface area contributed by atoms with Crippen LogP contribution in [0.4, 0.5) is 5.82 Å². The molecule has 0 radical (unpaired) electrons. The summed E-state index contributed by atoms with van der Waals surface area (Å²) in [5, 5.41) is 0. The Morgan fingerprint density at radius 1 is 1.00 bits per heavy atom. The fraction of sp³-hybridized carbons (Fsp3) is 0. The molecule has 2 aromatic rings. The average Bonchev–Trinajstić information content (AvgIpc) is 2.21. The van der Waals surface area contributed by atoms with Gasteiger partial charge >= 0.3 is 0 Å². The second-order valence-corrected chi connectivity index (χ2v) is 3.75. The minimum Gasteiger partial charge on any atom is -0.384 e. The Morgan fingerprint density at radius 3 is 2.43 bits per heavy atom.